The van der Waals surface area contributed by atoms with Crippen molar-refractivity contribution in [3.63, 3.8) is 0 Å². The summed E-state index contributed by atoms with van der Waals surface area (Å²) in [6, 6.07) is 12.9. The first-order chi connectivity index (χ1) is 10.1. The smallest absolute Gasteiger partial charge is 0.124 e. The number of rotatable bonds is 6. The van der Waals surface area contributed by atoms with Gasteiger partial charge in [0.15, 0.2) is 0 Å². The molecule has 0 bridgehead atoms. The lowest BCUT2D eigenvalue weighted by molar-refractivity contribution is 0.198. The van der Waals surface area contributed by atoms with E-state index in [1.54, 1.807) is 44.2 Å². The van der Waals surface area contributed by atoms with Gasteiger partial charge in [-0.2, -0.15) is 0 Å². The van der Waals surface area contributed by atoms with Gasteiger partial charge < -0.3 is 14.6 Å². The van der Waals surface area contributed by atoms with Crippen molar-refractivity contribution < 1.29 is 14.6 Å². The number of aliphatic hydroxyl groups excluding tert-OH is 1. The predicted octanol–water partition coefficient (Wildman–Crippen LogP) is 4.18. The molecule has 0 saturated carbocycles. The third-order valence-electron chi connectivity index (χ3n) is 3.02. The van der Waals surface area contributed by atoms with Crippen LogP contribution < -0.4 is 9.47 Å². The summed E-state index contributed by atoms with van der Waals surface area (Å²) in [7, 11) is 3.19. The van der Waals surface area contributed by atoms with Crippen LogP contribution in [0.15, 0.2) is 47.4 Å². The highest BCUT2D eigenvalue weighted by Crippen LogP contribution is 2.33. The van der Waals surface area contributed by atoms with Crippen LogP contribution in [0.3, 0.4) is 0 Å². The second-order valence-corrected chi connectivity index (χ2v) is 5.92. The molecule has 3 nitrogen and oxygen atoms in total. The number of hydrogen-bond acceptors (Lipinski definition) is 4. The molecule has 0 aliphatic rings. The Balaban J connectivity index is 2.08. The lowest BCUT2D eigenvalue weighted by Gasteiger charge is -2.15. The Morgan fingerprint density at radius 3 is 2.43 bits per heavy atom. The minimum absolute atomic E-state index is 0.519. The summed E-state index contributed by atoms with van der Waals surface area (Å²) >= 11 is 7.41. The van der Waals surface area contributed by atoms with Gasteiger partial charge in [-0.05, 0) is 42.5 Å². The van der Waals surface area contributed by atoms with Crippen LogP contribution >= 0.6 is 23.4 Å². The quantitative estimate of drug-likeness (QED) is 0.809. The SMILES string of the molecule is COc1ccc(OC)c(C(O)CSc2ccc(Cl)cc2)c1. The molecule has 2 aromatic rings. The maximum atomic E-state index is 10.4. The highest BCUT2D eigenvalue weighted by Gasteiger charge is 2.15. The van der Waals surface area contributed by atoms with Crippen molar-refractivity contribution in [2.75, 3.05) is 20.0 Å². The van der Waals surface area contributed by atoms with E-state index in [9.17, 15) is 5.11 Å². The Kier molecular flexibility index (Phi) is 5.79. The van der Waals surface area contributed by atoms with Gasteiger partial charge in [-0.15, -0.1) is 11.8 Å². The lowest BCUT2D eigenvalue weighted by Crippen LogP contribution is -2.04. The molecule has 21 heavy (non-hydrogen) atoms. The number of thioether (sulfide) groups is 1. The van der Waals surface area contributed by atoms with E-state index in [4.69, 9.17) is 21.1 Å². The summed E-state index contributed by atoms with van der Waals surface area (Å²) in [5, 5.41) is 11.1. The number of halogens is 1. The minimum Gasteiger partial charge on any atom is -0.497 e. The van der Waals surface area contributed by atoms with Crippen molar-refractivity contribution in [2.45, 2.75) is 11.0 Å². The van der Waals surface area contributed by atoms with Crippen molar-refractivity contribution in [3.8, 4) is 11.5 Å². The zero-order valence-corrected chi connectivity index (χ0v) is 13.4. The lowest BCUT2D eigenvalue weighted by atomic mass is 10.1. The summed E-state index contributed by atoms with van der Waals surface area (Å²) in [6.45, 7) is 0. The third-order valence-corrected chi connectivity index (χ3v) is 4.36. The first kappa shape index (κ1) is 16.0. The number of benzene rings is 2. The highest BCUT2D eigenvalue weighted by atomic mass is 35.5. The Bertz CT molecular complexity index is 587. The van der Waals surface area contributed by atoms with E-state index in [2.05, 4.69) is 0 Å². The molecule has 0 aromatic heterocycles. The second-order valence-electron chi connectivity index (χ2n) is 4.39. The van der Waals surface area contributed by atoms with Crippen LogP contribution in [0.2, 0.25) is 5.02 Å². The summed E-state index contributed by atoms with van der Waals surface area (Å²) in [4.78, 5) is 1.06. The molecule has 0 aliphatic heterocycles. The summed E-state index contributed by atoms with van der Waals surface area (Å²) in [5.74, 6) is 1.87. The van der Waals surface area contributed by atoms with E-state index in [0.717, 1.165) is 10.5 Å². The molecule has 112 valence electrons. The number of hydrogen-bond donors (Lipinski definition) is 1. The second kappa shape index (κ2) is 7.59. The largest absolute Gasteiger partial charge is 0.497 e. The van der Waals surface area contributed by atoms with E-state index >= 15 is 0 Å². The predicted molar refractivity (Wildman–Crippen MR) is 86.7 cm³/mol. The van der Waals surface area contributed by atoms with Crippen molar-refractivity contribution in [2.24, 2.45) is 0 Å². The number of ether oxygens (including phenoxy) is 2. The Hall–Kier alpha value is -1.36. The van der Waals surface area contributed by atoms with E-state index in [0.29, 0.717) is 22.3 Å². The normalized spacial score (nSPS) is 12.0. The van der Waals surface area contributed by atoms with E-state index in [1.165, 1.54) is 0 Å². The summed E-state index contributed by atoms with van der Waals surface area (Å²) in [6.07, 6.45) is -0.643. The number of methoxy groups -OCH3 is 2. The maximum Gasteiger partial charge on any atom is 0.124 e. The molecular weight excluding hydrogens is 308 g/mol. The van der Waals surface area contributed by atoms with Crippen molar-refractivity contribution in [1.29, 1.82) is 0 Å². The number of aliphatic hydroxyl groups is 1. The van der Waals surface area contributed by atoms with E-state index < -0.39 is 6.10 Å². The monoisotopic (exact) mass is 324 g/mol. The molecule has 1 atom stereocenters. The van der Waals surface area contributed by atoms with Gasteiger partial charge in [0, 0.05) is 21.2 Å². The molecule has 1 unspecified atom stereocenters. The average molecular weight is 325 g/mol. The molecule has 0 fully saturated rings. The first-order valence-electron chi connectivity index (χ1n) is 6.42. The van der Waals surface area contributed by atoms with E-state index in [1.807, 2.05) is 24.3 Å². The zero-order valence-electron chi connectivity index (χ0n) is 11.9. The molecule has 0 saturated heterocycles. The molecule has 2 rings (SSSR count). The summed E-state index contributed by atoms with van der Waals surface area (Å²) in [5.41, 5.74) is 0.721. The van der Waals surface area contributed by atoms with Crippen LogP contribution in [0.25, 0.3) is 0 Å². The van der Waals surface area contributed by atoms with Gasteiger partial charge in [0.1, 0.15) is 11.5 Å². The fourth-order valence-electron chi connectivity index (χ4n) is 1.90. The van der Waals surface area contributed by atoms with Gasteiger partial charge in [0.05, 0.1) is 20.3 Å². The van der Waals surface area contributed by atoms with Crippen LogP contribution in [0.4, 0.5) is 0 Å². The Morgan fingerprint density at radius 2 is 1.81 bits per heavy atom. The van der Waals surface area contributed by atoms with Gasteiger partial charge in [-0.3, -0.25) is 0 Å². The molecular formula is C16H17ClO3S. The van der Waals surface area contributed by atoms with Crippen molar-refractivity contribution >= 4 is 23.4 Å². The van der Waals surface area contributed by atoms with Gasteiger partial charge in [0.2, 0.25) is 0 Å². The average Bonchev–Trinajstić information content (AvgIpc) is 2.53. The fourth-order valence-corrected chi connectivity index (χ4v) is 2.88. The minimum atomic E-state index is -0.643. The molecule has 0 heterocycles. The van der Waals surface area contributed by atoms with Gasteiger partial charge >= 0.3 is 0 Å². The molecule has 0 spiro atoms. The molecule has 5 heteroatoms. The highest BCUT2D eigenvalue weighted by molar-refractivity contribution is 7.99. The van der Waals surface area contributed by atoms with Gasteiger partial charge in [-0.25, -0.2) is 0 Å². The van der Waals surface area contributed by atoms with Crippen LogP contribution in [0.5, 0.6) is 11.5 Å². The van der Waals surface area contributed by atoms with Gasteiger partial charge in [0.25, 0.3) is 0 Å². The van der Waals surface area contributed by atoms with Gasteiger partial charge in [-0.1, -0.05) is 11.6 Å². The molecule has 0 radical (unpaired) electrons. The standard InChI is InChI=1S/C16H17ClO3S/c1-19-12-5-8-16(20-2)14(9-12)15(18)10-21-13-6-3-11(17)4-7-13/h3-9,15,18H,10H2,1-2H3. The molecule has 1 N–H and O–H groups in total. The van der Waals surface area contributed by atoms with Crippen molar-refractivity contribution in [3.05, 3.63) is 53.1 Å². The summed E-state index contributed by atoms with van der Waals surface area (Å²) < 4.78 is 10.5. The first-order valence-corrected chi connectivity index (χ1v) is 7.78. The zero-order chi connectivity index (χ0) is 15.2. The van der Waals surface area contributed by atoms with Crippen LogP contribution in [-0.4, -0.2) is 25.1 Å². The van der Waals surface area contributed by atoms with Crippen molar-refractivity contribution in [1.82, 2.24) is 0 Å². The Morgan fingerprint density at radius 1 is 1.10 bits per heavy atom. The molecule has 0 amide bonds. The Labute approximate surface area is 133 Å². The van der Waals surface area contributed by atoms with Crippen LogP contribution in [0, 0.1) is 0 Å². The van der Waals surface area contributed by atoms with Crippen LogP contribution in [0.1, 0.15) is 11.7 Å². The third kappa shape index (κ3) is 4.30. The molecule has 2 aromatic carbocycles. The molecule has 0 aliphatic carbocycles. The fraction of sp³-hybridized carbons (Fsp3) is 0.250. The maximum absolute atomic E-state index is 10.4. The topological polar surface area (TPSA) is 38.7 Å². The van der Waals surface area contributed by atoms with Crippen LogP contribution in [-0.2, 0) is 0 Å². The van der Waals surface area contributed by atoms with E-state index in [-0.39, 0.29) is 0 Å².